The van der Waals surface area contributed by atoms with Crippen molar-refractivity contribution in [3.63, 3.8) is 0 Å². The number of aromatic nitrogens is 2. The van der Waals surface area contributed by atoms with E-state index in [1.165, 1.54) is 11.8 Å². The summed E-state index contributed by atoms with van der Waals surface area (Å²) in [5.41, 5.74) is 6.56. The van der Waals surface area contributed by atoms with Crippen molar-refractivity contribution in [2.75, 3.05) is 12.3 Å². The Morgan fingerprint density at radius 3 is 2.71 bits per heavy atom. The second-order valence-electron chi connectivity index (χ2n) is 7.22. The monoisotopic (exact) mass is 543 g/mol. The van der Waals surface area contributed by atoms with Crippen LogP contribution in [-0.2, 0) is 9.59 Å². The third-order valence-corrected chi connectivity index (χ3v) is 6.41. The molecule has 3 aromatic rings. The molecule has 0 aliphatic carbocycles. The average molecular weight is 544 g/mol. The number of rotatable bonds is 10. The number of benzene rings is 2. The van der Waals surface area contributed by atoms with Crippen molar-refractivity contribution in [1.82, 2.24) is 20.2 Å². The first-order valence-corrected chi connectivity index (χ1v) is 12.0. The highest BCUT2D eigenvalue weighted by molar-refractivity contribution is 9.10. The third kappa shape index (κ3) is 6.06. The Hall–Kier alpha value is -3.56. The van der Waals surface area contributed by atoms with Gasteiger partial charge in [0.05, 0.1) is 29.3 Å². The maximum absolute atomic E-state index is 12.5. The fourth-order valence-electron chi connectivity index (χ4n) is 3.36. The van der Waals surface area contributed by atoms with Gasteiger partial charge in [-0.2, -0.15) is 5.26 Å². The molecule has 1 unspecified atom stereocenters. The number of aliphatic carboxylic acids is 1. The van der Waals surface area contributed by atoms with Crippen LogP contribution in [0.1, 0.15) is 18.4 Å². The first-order chi connectivity index (χ1) is 16.3. The number of imidazole rings is 1. The summed E-state index contributed by atoms with van der Waals surface area (Å²) in [6.07, 6.45) is 2.24. The van der Waals surface area contributed by atoms with Crippen molar-refractivity contribution in [3.05, 3.63) is 52.8 Å². The van der Waals surface area contributed by atoms with E-state index in [2.05, 4.69) is 37.6 Å². The summed E-state index contributed by atoms with van der Waals surface area (Å²) in [4.78, 5) is 28.4. The number of nitrogens with zero attached hydrogens (tertiary/aromatic N) is 3. The number of fused-ring (bicyclic) bond motifs is 1. The standard InChI is InChI=1S/C22H22BrN7O3S/c23-18-11-28-22(30(18)17-8-7-13(10-24)14-4-1-2-5-15(14)17)34-12-19(31)29-16(20(32)33)6-3-9-27-21(25)26/h1-2,4-5,7-8,11,16H,3,6,9,12H2,(H,29,31)(H,32,33)(H4,25,26,27). The van der Waals surface area contributed by atoms with Crippen molar-refractivity contribution < 1.29 is 14.7 Å². The van der Waals surface area contributed by atoms with Crippen LogP contribution in [0.25, 0.3) is 16.5 Å². The minimum atomic E-state index is -1.13. The summed E-state index contributed by atoms with van der Waals surface area (Å²) in [5.74, 6) is -1.79. The summed E-state index contributed by atoms with van der Waals surface area (Å²) < 4.78 is 2.51. The predicted octanol–water partition coefficient (Wildman–Crippen LogP) is 2.58. The zero-order valence-corrected chi connectivity index (χ0v) is 20.3. The maximum Gasteiger partial charge on any atom is 0.326 e. The molecule has 176 valence electrons. The number of hydrogen-bond acceptors (Lipinski definition) is 6. The zero-order valence-electron chi connectivity index (χ0n) is 17.9. The number of carbonyl (C=O) groups is 2. The van der Waals surface area contributed by atoms with Gasteiger partial charge in [-0.05, 0) is 40.9 Å². The number of guanidine groups is 1. The summed E-state index contributed by atoms with van der Waals surface area (Å²) in [6.45, 7) is 0.341. The number of halogens is 1. The molecule has 10 nitrogen and oxygen atoms in total. The molecule has 2 aromatic carbocycles. The lowest BCUT2D eigenvalue weighted by atomic mass is 10.0. The molecule has 34 heavy (non-hydrogen) atoms. The summed E-state index contributed by atoms with van der Waals surface area (Å²) >= 11 is 4.67. The number of thioether (sulfide) groups is 1. The number of nitrogens with two attached hydrogens (primary N) is 1. The third-order valence-electron chi connectivity index (χ3n) is 4.90. The van der Waals surface area contributed by atoms with E-state index in [0.717, 1.165) is 16.5 Å². The van der Waals surface area contributed by atoms with Gasteiger partial charge in [-0.1, -0.05) is 36.0 Å². The Labute approximate surface area is 208 Å². The Morgan fingerprint density at radius 2 is 2.03 bits per heavy atom. The molecule has 1 heterocycles. The van der Waals surface area contributed by atoms with Crippen LogP contribution >= 0.6 is 27.7 Å². The van der Waals surface area contributed by atoms with Gasteiger partial charge in [-0.25, -0.2) is 9.78 Å². The molecule has 1 aromatic heterocycles. The smallest absolute Gasteiger partial charge is 0.326 e. The van der Waals surface area contributed by atoms with Gasteiger partial charge in [0.25, 0.3) is 0 Å². The van der Waals surface area contributed by atoms with Crippen LogP contribution in [0.4, 0.5) is 0 Å². The van der Waals surface area contributed by atoms with E-state index in [1.54, 1.807) is 12.3 Å². The topological polar surface area (TPSA) is 170 Å². The maximum atomic E-state index is 12.5. The highest BCUT2D eigenvalue weighted by Crippen LogP contribution is 2.32. The second kappa shape index (κ2) is 11.5. The number of nitriles is 1. The second-order valence-corrected chi connectivity index (χ2v) is 8.97. The number of hydrogen-bond donors (Lipinski definition) is 5. The lowest BCUT2D eigenvalue weighted by Gasteiger charge is -2.15. The molecule has 6 N–H and O–H groups in total. The zero-order chi connectivity index (χ0) is 24.7. The van der Waals surface area contributed by atoms with Crippen molar-refractivity contribution in [1.29, 1.82) is 10.7 Å². The van der Waals surface area contributed by atoms with Gasteiger partial charge in [0.2, 0.25) is 5.91 Å². The van der Waals surface area contributed by atoms with Crippen LogP contribution in [0.5, 0.6) is 0 Å². The molecule has 0 bridgehead atoms. The Balaban J connectivity index is 1.73. The fourth-order valence-corrected chi connectivity index (χ4v) is 4.74. The first-order valence-electron chi connectivity index (χ1n) is 10.2. The predicted molar refractivity (Wildman–Crippen MR) is 133 cm³/mol. The van der Waals surface area contributed by atoms with Gasteiger partial charge in [-0.3, -0.25) is 14.8 Å². The van der Waals surface area contributed by atoms with E-state index in [1.807, 2.05) is 34.9 Å². The molecular weight excluding hydrogens is 522 g/mol. The van der Waals surface area contributed by atoms with Crippen LogP contribution in [0.3, 0.4) is 0 Å². The molecule has 0 aliphatic rings. The number of carboxylic acid groups (broad SMARTS) is 1. The first kappa shape index (κ1) is 25.1. The minimum absolute atomic E-state index is 0.0346. The number of carbonyl (C=O) groups excluding carboxylic acids is 1. The Morgan fingerprint density at radius 1 is 1.29 bits per heavy atom. The van der Waals surface area contributed by atoms with Crippen LogP contribution in [0.15, 0.2) is 52.4 Å². The lowest BCUT2D eigenvalue weighted by molar-refractivity contribution is -0.141. The average Bonchev–Trinajstić information content (AvgIpc) is 3.18. The minimum Gasteiger partial charge on any atom is -0.480 e. The van der Waals surface area contributed by atoms with Crippen LogP contribution in [-0.4, -0.2) is 50.8 Å². The van der Waals surface area contributed by atoms with E-state index < -0.39 is 17.9 Å². The molecule has 0 saturated carbocycles. The van der Waals surface area contributed by atoms with E-state index in [0.29, 0.717) is 28.3 Å². The fraction of sp³-hybridized carbons (Fsp3) is 0.227. The van der Waals surface area contributed by atoms with E-state index in [9.17, 15) is 20.0 Å². The van der Waals surface area contributed by atoms with Gasteiger partial charge in [0.15, 0.2) is 11.1 Å². The van der Waals surface area contributed by atoms with Crippen LogP contribution < -0.4 is 16.4 Å². The molecule has 0 spiro atoms. The van der Waals surface area contributed by atoms with Gasteiger partial charge in [-0.15, -0.1) is 0 Å². The molecule has 0 fully saturated rings. The lowest BCUT2D eigenvalue weighted by Crippen LogP contribution is -2.42. The molecule has 1 amide bonds. The molecule has 12 heteroatoms. The number of carboxylic acids is 1. The quantitative estimate of drug-likeness (QED) is 0.112. The van der Waals surface area contributed by atoms with Crippen molar-refractivity contribution in [2.24, 2.45) is 5.73 Å². The van der Waals surface area contributed by atoms with Crippen LogP contribution in [0, 0.1) is 16.7 Å². The van der Waals surface area contributed by atoms with Gasteiger partial charge in [0.1, 0.15) is 10.6 Å². The van der Waals surface area contributed by atoms with Gasteiger partial charge >= 0.3 is 5.97 Å². The summed E-state index contributed by atoms with van der Waals surface area (Å²) in [5, 5.41) is 33.3. The van der Waals surface area contributed by atoms with E-state index in [4.69, 9.17) is 11.1 Å². The molecular formula is C22H22BrN7O3S. The van der Waals surface area contributed by atoms with Crippen molar-refractivity contribution in [3.8, 4) is 11.8 Å². The summed E-state index contributed by atoms with van der Waals surface area (Å²) in [6, 6.07) is 12.3. The molecule has 1 atom stereocenters. The van der Waals surface area contributed by atoms with Gasteiger partial charge < -0.3 is 21.5 Å². The SMILES string of the molecule is N#Cc1ccc(-n2c(Br)cnc2SCC(=O)NC(CCCNC(=N)N)C(=O)O)c2ccccc12. The van der Waals surface area contributed by atoms with E-state index >= 15 is 0 Å². The normalized spacial score (nSPS) is 11.5. The number of amides is 1. The van der Waals surface area contributed by atoms with E-state index in [-0.39, 0.29) is 18.1 Å². The number of nitrogens with one attached hydrogen (secondary N) is 3. The van der Waals surface area contributed by atoms with Crippen molar-refractivity contribution in [2.45, 2.75) is 24.0 Å². The molecule has 0 radical (unpaired) electrons. The van der Waals surface area contributed by atoms with Gasteiger partial charge in [0, 0.05) is 17.3 Å². The van der Waals surface area contributed by atoms with Crippen LogP contribution in [0.2, 0.25) is 0 Å². The summed E-state index contributed by atoms with van der Waals surface area (Å²) in [7, 11) is 0. The highest BCUT2D eigenvalue weighted by atomic mass is 79.9. The Kier molecular flexibility index (Phi) is 8.50. The molecule has 0 aliphatic heterocycles. The largest absolute Gasteiger partial charge is 0.480 e. The Bertz CT molecular complexity index is 1270. The molecule has 0 saturated heterocycles. The van der Waals surface area contributed by atoms with Crippen molar-refractivity contribution >= 4 is 56.3 Å². The molecule has 3 rings (SSSR count). The highest BCUT2D eigenvalue weighted by Gasteiger charge is 2.21.